The van der Waals surface area contributed by atoms with Crippen LogP contribution in [0.5, 0.6) is 0 Å². The van der Waals surface area contributed by atoms with Gasteiger partial charge in [0.05, 0.1) is 12.6 Å². The Bertz CT molecular complexity index is 361. The summed E-state index contributed by atoms with van der Waals surface area (Å²) >= 11 is 0. The molecule has 1 saturated carbocycles. The van der Waals surface area contributed by atoms with E-state index in [2.05, 4.69) is 48.2 Å². The molecule has 2 unspecified atom stereocenters. The Morgan fingerprint density at radius 2 is 2.33 bits per heavy atom. The summed E-state index contributed by atoms with van der Waals surface area (Å²) in [6.07, 6.45) is 2.98. The minimum atomic E-state index is 0.189. The van der Waals surface area contributed by atoms with Crippen LogP contribution in [0.2, 0.25) is 0 Å². The minimum absolute atomic E-state index is 0.189. The Hall–Kier alpha value is -0.940. The van der Waals surface area contributed by atoms with Gasteiger partial charge in [0.25, 0.3) is 0 Å². The summed E-state index contributed by atoms with van der Waals surface area (Å²) in [5.41, 5.74) is 0.189. The van der Waals surface area contributed by atoms with E-state index in [1.54, 1.807) is 0 Å². The zero-order valence-corrected chi connectivity index (χ0v) is 11.7. The van der Waals surface area contributed by atoms with Crippen LogP contribution in [0.15, 0.2) is 6.33 Å². The summed E-state index contributed by atoms with van der Waals surface area (Å²) in [5, 5.41) is 10.2. The lowest BCUT2D eigenvalue weighted by molar-refractivity contribution is -0.124. The number of H-pyrrole nitrogens is 1. The molecule has 1 aliphatic rings. The summed E-state index contributed by atoms with van der Waals surface area (Å²) in [4.78, 5) is 4.11. The van der Waals surface area contributed by atoms with Gasteiger partial charge in [-0.05, 0) is 12.3 Å². The van der Waals surface area contributed by atoms with Crippen LogP contribution in [-0.2, 0) is 11.3 Å². The normalized spacial score (nSPS) is 26.3. The van der Waals surface area contributed by atoms with E-state index in [9.17, 15) is 0 Å². The van der Waals surface area contributed by atoms with Gasteiger partial charge in [-0.1, -0.05) is 27.7 Å². The van der Waals surface area contributed by atoms with E-state index in [0.29, 0.717) is 18.1 Å². The second kappa shape index (κ2) is 5.36. The molecule has 0 radical (unpaired) electrons. The third-order valence-corrected chi connectivity index (χ3v) is 3.79. The van der Waals surface area contributed by atoms with Gasteiger partial charge in [-0.15, -0.1) is 0 Å². The number of rotatable bonds is 6. The molecule has 102 valence electrons. The number of ether oxygens (including phenoxy) is 1. The van der Waals surface area contributed by atoms with E-state index in [1.807, 2.05) is 0 Å². The fourth-order valence-electron chi connectivity index (χ4n) is 2.36. The highest BCUT2D eigenvalue weighted by atomic mass is 16.5. The lowest BCUT2D eigenvalue weighted by atomic mass is 9.64. The summed E-state index contributed by atoms with van der Waals surface area (Å²) < 4.78 is 5.95. The van der Waals surface area contributed by atoms with Gasteiger partial charge in [0.15, 0.2) is 0 Å². The molecule has 1 aliphatic carbocycles. The van der Waals surface area contributed by atoms with Gasteiger partial charge < -0.3 is 10.1 Å². The predicted octanol–water partition coefficient (Wildman–Crippen LogP) is 1.73. The number of nitrogens with one attached hydrogen (secondary N) is 2. The van der Waals surface area contributed by atoms with Gasteiger partial charge in [0, 0.05) is 18.1 Å². The largest absolute Gasteiger partial charge is 0.377 e. The lowest BCUT2D eigenvalue weighted by Gasteiger charge is -2.52. The molecule has 0 aliphatic heterocycles. The second-order valence-electron chi connectivity index (χ2n) is 6.14. The van der Waals surface area contributed by atoms with Crippen LogP contribution in [0.3, 0.4) is 0 Å². The molecule has 0 spiro atoms. The summed E-state index contributed by atoms with van der Waals surface area (Å²) in [6, 6.07) is 0.486. The number of nitrogens with zero attached hydrogens (tertiary/aromatic N) is 2. The number of aromatic amines is 1. The van der Waals surface area contributed by atoms with Crippen LogP contribution in [0.1, 0.15) is 39.9 Å². The van der Waals surface area contributed by atoms with Crippen molar-refractivity contribution in [2.45, 2.75) is 52.8 Å². The highest BCUT2D eigenvalue weighted by molar-refractivity contribution is 5.03. The average molecular weight is 252 g/mol. The third kappa shape index (κ3) is 2.90. The molecule has 0 bridgehead atoms. The summed E-state index contributed by atoms with van der Waals surface area (Å²) in [5.74, 6) is 1.49. The molecule has 2 N–H and O–H groups in total. The van der Waals surface area contributed by atoms with Crippen molar-refractivity contribution in [2.75, 3.05) is 6.61 Å². The molecule has 2 atom stereocenters. The molecule has 1 aromatic heterocycles. The third-order valence-electron chi connectivity index (χ3n) is 3.79. The van der Waals surface area contributed by atoms with Crippen molar-refractivity contribution < 1.29 is 4.74 Å². The fourth-order valence-corrected chi connectivity index (χ4v) is 2.36. The molecule has 2 rings (SSSR count). The highest BCUT2D eigenvalue weighted by Crippen LogP contribution is 2.42. The number of hydrogen-bond acceptors (Lipinski definition) is 4. The molecule has 0 aromatic carbocycles. The van der Waals surface area contributed by atoms with Gasteiger partial charge in [-0.3, -0.25) is 5.10 Å². The van der Waals surface area contributed by atoms with E-state index >= 15 is 0 Å². The summed E-state index contributed by atoms with van der Waals surface area (Å²) in [6.45, 7) is 10.5. The molecule has 18 heavy (non-hydrogen) atoms. The zero-order valence-electron chi connectivity index (χ0n) is 11.7. The number of aromatic nitrogens is 3. The Morgan fingerprint density at radius 3 is 2.89 bits per heavy atom. The maximum absolute atomic E-state index is 5.95. The topological polar surface area (TPSA) is 62.8 Å². The second-order valence-corrected chi connectivity index (χ2v) is 6.14. The van der Waals surface area contributed by atoms with Crippen molar-refractivity contribution in [1.82, 2.24) is 20.5 Å². The molecule has 1 aromatic rings. The maximum atomic E-state index is 5.95. The van der Waals surface area contributed by atoms with Gasteiger partial charge >= 0.3 is 0 Å². The first-order chi connectivity index (χ1) is 8.50. The fraction of sp³-hybridized carbons (Fsp3) is 0.846. The molecule has 5 nitrogen and oxygen atoms in total. The van der Waals surface area contributed by atoms with E-state index in [0.717, 1.165) is 25.4 Å². The van der Waals surface area contributed by atoms with Crippen molar-refractivity contribution in [2.24, 2.45) is 11.3 Å². The molecular formula is C13H24N4O. The van der Waals surface area contributed by atoms with E-state index < -0.39 is 0 Å². The van der Waals surface area contributed by atoms with E-state index in [-0.39, 0.29) is 5.41 Å². The number of hydrogen-bond donors (Lipinski definition) is 2. The smallest absolute Gasteiger partial charge is 0.138 e. The predicted molar refractivity (Wildman–Crippen MR) is 70.0 cm³/mol. The van der Waals surface area contributed by atoms with Crippen LogP contribution >= 0.6 is 0 Å². The van der Waals surface area contributed by atoms with Crippen molar-refractivity contribution in [3.63, 3.8) is 0 Å². The van der Waals surface area contributed by atoms with Crippen LogP contribution in [0, 0.1) is 11.3 Å². The van der Waals surface area contributed by atoms with Crippen LogP contribution in [0.4, 0.5) is 0 Å². The van der Waals surface area contributed by atoms with Crippen molar-refractivity contribution in [1.29, 1.82) is 0 Å². The SMILES string of the molecule is CC(C)COC1CC(NCc2ncn[nH]2)C1(C)C. The first kappa shape index (κ1) is 13.5. The van der Waals surface area contributed by atoms with Crippen molar-refractivity contribution >= 4 is 0 Å². The zero-order chi connectivity index (χ0) is 13.2. The standard InChI is InChI=1S/C13H24N4O/c1-9(2)7-18-11-5-10(13(11,3)4)14-6-12-15-8-16-17-12/h8-11,14H,5-7H2,1-4H3,(H,15,16,17). The molecule has 5 heteroatoms. The van der Waals surface area contributed by atoms with E-state index in [4.69, 9.17) is 4.74 Å². The Balaban J connectivity index is 1.76. The Morgan fingerprint density at radius 1 is 1.56 bits per heavy atom. The van der Waals surface area contributed by atoms with Gasteiger partial charge in [0.1, 0.15) is 12.2 Å². The van der Waals surface area contributed by atoms with Gasteiger partial charge in [-0.25, -0.2) is 4.98 Å². The van der Waals surface area contributed by atoms with Gasteiger partial charge in [0.2, 0.25) is 0 Å². The molecule has 1 fully saturated rings. The van der Waals surface area contributed by atoms with Crippen LogP contribution in [-0.4, -0.2) is 33.9 Å². The first-order valence-corrected chi connectivity index (χ1v) is 6.69. The quantitative estimate of drug-likeness (QED) is 0.809. The monoisotopic (exact) mass is 252 g/mol. The lowest BCUT2D eigenvalue weighted by Crippen LogP contribution is -2.60. The van der Waals surface area contributed by atoms with Crippen molar-refractivity contribution in [3.05, 3.63) is 12.2 Å². The Kier molecular flexibility index (Phi) is 4.02. The highest BCUT2D eigenvalue weighted by Gasteiger charge is 2.48. The minimum Gasteiger partial charge on any atom is -0.377 e. The molecule has 0 amide bonds. The average Bonchev–Trinajstić information content (AvgIpc) is 2.79. The van der Waals surface area contributed by atoms with Gasteiger partial charge in [-0.2, -0.15) is 5.10 Å². The Labute approximate surface area is 109 Å². The molecule has 1 heterocycles. The van der Waals surface area contributed by atoms with Crippen LogP contribution < -0.4 is 5.32 Å². The molecule has 0 saturated heterocycles. The van der Waals surface area contributed by atoms with Crippen LogP contribution in [0.25, 0.3) is 0 Å². The van der Waals surface area contributed by atoms with Crippen molar-refractivity contribution in [3.8, 4) is 0 Å². The van der Waals surface area contributed by atoms with E-state index in [1.165, 1.54) is 6.33 Å². The first-order valence-electron chi connectivity index (χ1n) is 6.69. The molecular weight excluding hydrogens is 228 g/mol. The summed E-state index contributed by atoms with van der Waals surface area (Å²) in [7, 11) is 0. The maximum Gasteiger partial charge on any atom is 0.138 e.